The Labute approximate surface area is 97.1 Å². The first-order valence-electron chi connectivity index (χ1n) is 6.13. The van der Waals surface area contributed by atoms with Gasteiger partial charge in [-0.05, 0) is 44.7 Å². The predicted molar refractivity (Wildman–Crippen MR) is 65.7 cm³/mol. The summed E-state index contributed by atoms with van der Waals surface area (Å²) in [7, 11) is 0. The smallest absolute Gasteiger partial charge is 0.123 e. The van der Waals surface area contributed by atoms with Crippen LogP contribution in [0.1, 0.15) is 32.3 Å². The summed E-state index contributed by atoms with van der Waals surface area (Å²) in [4.78, 5) is 0. The number of ether oxygens (including phenoxy) is 1. The first kappa shape index (κ1) is 9.95. The van der Waals surface area contributed by atoms with E-state index in [0.29, 0.717) is 5.92 Å². The Morgan fingerprint density at radius 3 is 3.00 bits per heavy atom. The zero-order valence-electron chi connectivity index (χ0n) is 9.99. The lowest BCUT2D eigenvalue weighted by Crippen LogP contribution is -2.46. The summed E-state index contributed by atoms with van der Waals surface area (Å²) in [6.45, 7) is 4.52. The van der Waals surface area contributed by atoms with E-state index in [-0.39, 0.29) is 5.60 Å². The molecule has 2 aliphatic rings. The zero-order chi connectivity index (χ0) is 11.2. The Kier molecular flexibility index (Phi) is 2.10. The highest BCUT2D eigenvalue weighted by molar-refractivity contribution is 5.39. The largest absolute Gasteiger partial charge is 0.487 e. The van der Waals surface area contributed by atoms with Crippen LogP contribution < -0.4 is 4.74 Å². The zero-order valence-corrected chi connectivity index (χ0v) is 9.99. The number of para-hydroxylation sites is 1. The maximum Gasteiger partial charge on any atom is 0.123 e. The molecular formula is C15H18O. The van der Waals surface area contributed by atoms with E-state index >= 15 is 0 Å². The lowest BCUT2D eigenvalue weighted by atomic mass is 9.71. The topological polar surface area (TPSA) is 9.23 Å². The fourth-order valence-electron chi connectivity index (χ4n) is 3.13. The minimum atomic E-state index is 0.0210. The monoisotopic (exact) mass is 214 g/mol. The van der Waals surface area contributed by atoms with E-state index in [1.54, 1.807) is 0 Å². The van der Waals surface area contributed by atoms with Crippen LogP contribution in [0.15, 0.2) is 35.9 Å². The van der Waals surface area contributed by atoms with E-state index in [9.17, 15) is 0 Å². The van der Waals surface area contributed by atoms with Gasteiger partial charge >= 0.3 is 0 Å². The molecule has 0 fully saturated rings. The fourth-order valence-corrected chi connectivity index (χ4v) is 3.13. The SMILES string of the molecule is CC1=CCCC2(C)Oc3ccccc3CC12. The van der Waals surface area contributed by atoms with Crippen LogP contribution in [-0.4, -0.2) is 5.60 Å². The third kappa shape index (κ3) is 1.38. The summed E-state index contributed by atoms with van der Waals surface area (Å²) in [5.41, 5.74) is 2.88. The lowest BCUT2D eigenvalue weighted by molar-refractivity contribution is 0.0122. The minimum Gasteiger partial charge on any atom is -0.487 e. The molecule has 0 spiro atoms. The van der Waals surface area contributed by atoms with Gasteiger partial charge in [-0.3, -0.25) is 0 Å². The Morgan fingerprint density at radius 1 is 1.31 bits per heavy atom. The number of hydrogen-bond acceptors (Lipinski definition) is 1. The van der Waals surface area contributed by atoms with Crippen LogP contribution in [-0.2, 0) is 6.42 Å². The van der Waals surface area contributed by atoms with Crippen LogP contribution in [0.5, 0.6) is 5.75 Å². The molecule has 1 heteroatoms. The molecule has 0 aromatic heterocycles. The van der Waals surface area contributed by atoms with Crippen molar-refractivity contribution in [2.24, 2.45) is 5.92 Å². The van der Waals surface area contributed by atoms with Gasteiger partial charge < -0.3 is 4.74 Å². The minimum absolute atomic E-state index is 0.0210. The maximum atomic E-state index is 6.25. The van der Waals surface area contributed by atoms with E-state index in [2.05, 4.69) is 44.2 Å². The van der Waals surface area contributed by atoms with Crippen LogP contribution >= 0.6 is 0 Å². The van der Waals surface area contributed by atoms with Gasteiger partial charge in [-0.15, -0.1) is 0 Å². The molecule has 2 unspecified atom stereocenters. The van der Waals surface area contributed by atoms with Crippen molar-refractivity contribution in [1.29, 1.82) is 0 Å². The van der Waals surface area contributed by atoms with Crippen molar-refractivity contribution in [2.45, 2.75) is 38.7 Å². The molecule has 0 saturated heterocycles. The van der Waals surface area contributed by atoms with Crippen molar-refractivity contribution in [1.82, 2.24) is 0 Å². The van der Waals surface area contributed by atoms with Gasteiger partial charge in [0.05, 0.1) is 0 Å². The summed E-state index contributed by atoms with van der Waals surface area (Å²) < 4.78 is 6.25. The normalized spacial score (nSPS) is 32.1. The molecule has 0 N–H and O–H groups in total. The van der Waals surface area contributed by atoms with Gasteiger partial charge in [-0.25, -0.2) is 0 Å². The maximum absolute atomic E-state index is 6.25. The highest BCUT2D eigenvalue weighted by atomic mass is 16.5. The molecule has 0 radical (unpaired) electrons. The van der Waals surface area contributed by atoms with Crippen molar-refractivity contribution in [2.75, 3.05) is 0 Å². The number of benzene rings is 1. The van der Waals surface area contributed by atoms with Gasteiger partial charge in [0.1, 0.15) is 11.4 Å². The molecule has 1 aromatic rings. The van der Waals surface area contributed by atoms with Gasteiger partial charge in [0.2, 0.25) is 0 Å². The van der Waals surface area contributed by atoms with Crippen molar-refractivity contribution in [3.05, 3.63) is 41.5 Å². The summed E-state index contributed by atoms with van der Waals surface area (Å²) in [6.07, 6.45) is 5.81. The highest BCUT2D eigenvalue weighted by Crippen LogP contribution is 2.44. The first-order chi connectivity index (χ1) is 7.69. The second kappa shape index (κ2) is 3.38. The second-order valence-electron chi connectivity index (χ2n) is 5.27. The van der Waals surface area contributed by atoms with E-state index in [0.717, 1.165) is 25.0 Å². The highest BCUT2D eigenvalue weighted by Gasteiger charge is 2.42. The second-order valence-corrected chi connectivity index (χ2v) is 5.27. The number of fused-ring (bicyclic) bond motifs is 2. The van der Waals surface area contributed by atoms with Gasteiger partial charge in [0, 0.05) is 5.92 Å². The summed E-state index contributed by atoms with van der Waals surface area (Å²) in [5, 5.41) is 0. The fraction of sp³-hybridized carbons (Fsp3) is 0.467. The first-order valence-corrected chi connectivity index (χ1v) is 6.13. The van der Waals surface area contributed by atoms with E-state index in [1.807, 2.05) is 0 Å². The molecule has 1 aromatic carbocycles. The molecule has 1 aliphatic heterocycles. The molecule has 1 nitrogen and oxygen atoms in total. The Bertz CT molecular complexity index is 447. The van der Waals surface area contributed by atoms with Crippen LogP contribution in [0.25, 0.3) is 0 Å². The average Bonchev–Trinajstić information content (AvgIpc) is 2.27. The van der Waals surface area contributed by atoms with Crippen molar-refractivity contribution in [3.63, 3.8) is 0 Å². The van der Waals surface area contributed by atoms with Gasteiger partial charge in [0.15, 0.2) is 0 Å². The summed E-state index contributed by atoms with van der Waals surface area (Å²) in [5.74, 6) is 1.66. The molecule has 0 bridgehead atoms. The Hall–Kier alpha value is -1.24. The molecule has 0 amide bonds. The molecule has 3 rings (SSSR count). The van der Waals surface area contributed by atoms with Gasteiger partial charge in [-0.2, -0.15) is 0 Å². The quantitative estimate of drug-likeness (QED) is 0.598. The summed E-state index contributed by atoms with van der Waals surface area (Å²) >= 11 is 0. The molecule has 1 heterocycles. The lowest BCUT2D eigenvalue weighted by Gasteiger charge is -2.45. The van der Waals surface area contributed by atoms with Gasteiger partial charge in [-0.1, -0.05) is 29.8 Å². The van der Waals surface area contributed by atoms with Crippen LogP contribution in [0, 0.1) is 5.92 Å². The molecule has 2 atom stereocenters. The third-order valence-electron chi connectivity index (χ3n) is 4.13. The third-order valence-corrected chi connectivity index (χ3v) is 4.13. The molecular weight excluding hydrogens is 196 g/mol. The van der Waals surface area contributed by atoms with Crippen molar-refractivity contribution < 1.29 is 4.74 Å². The van der Waals surface area contributed by atoms with Crippen LogP contribution in [0.4, 0.5) is 0 Å². The molecule has 1 aliphatic carbocycles. The Balaban J connectivity index is 2.05. The van der Waals surface area contributed by atoms with E-state index in [1.165, 1.54) is 11.1 Å². The number of rotatable bonds is 0. The van der Waals surface area contributed by atoms with Crippen molar-refractivity contribution in [3.8, 4) is 5.75 Å². The summed E-state index contributed by atoms with van der Waals surface area (Å²) in [6, 6.07) is 8.46. The number of hydrogen-bond donors (Lipinski definition) is 0. The average molecular weight is 214 g/mol. The number of allylic oxidation sites excluding steroid dienone is 1. The van der Waals surface area contributed by atoms with Gasteiger partial charge in [0.25, 0.3) is 0 Å². The van der Waals surface area contributed by atoms with E-state index in [4.69, 9.17) is 4.74 Å². The van der Waals surface area contributed by atoms with Crippen LogP contribution in [0.3, 0.4) is 0 Å². The Morgan fingerprint density at radius 2 is 2.12 bits per heavy atom. The molecule has 84 valence electrons. The molecule has 16 heavy (non-hydrogen) atoms. The van der Waals surface area contributed by atoms with E-state index < -0.39 is 0 Å². The van der Waals surface area contributed by atoms with Crippen molar-refractivity contribution >= 4 is 0 Å². The van der Waals surface area contributed by atoms with Crippen LogP contribution in [0.2, 0.25) is 0 Å². The predicted octanol–water partition coefficient (Wildman–Crippen LogP) is 3.74. The molecule has 0 saturated carbocycles. The standard InChI is InChI=1S/C15H18O/c1-11-6-5-9-15(2)13(11)10-12-7-3-4-8-14(12)16-15/h3-4,6-8,13H,5,9-10H2,1-2H3.